The van der Waals surface area contributed by atoms with Crippen molar-refractivity contribution in [2.45, 2.75) is 19.3 Å². The standard InChI is InChI=1S/C69H44/c1-69(2)63-19-6-5-17-58(63)59-33-28-48(40-64(59)69)50-36-51(55-31-25-47-23-21-43-13-8-15-45-27-35-61(55)68(47)66(43)45)38-52(37-50)56-32-29-49(39-62(56)57-18-9-11-41-10-3-4-16-53(41)57)54-30-24-46-22-20-42-12-7-14-44-26-34-60(54)67(46)65(42)44/h3-40H,1-2H3. The zero-order chi connectivity index (χ0) is 45.5. The summed E-state index contributed by atoms with van der Waals surface area (Å²) in [5.74, 6) is 0. The number of hydrogen-bond donors (Lipinski definition) is 0. The molecule has 0 aromatic heterocycles. The quantitative estimate of drug-likeness (QED) is 0.151. The molecule has 0 bridgehead atoms. The summed E-state index contributed by atoms with van der Waals surface area (Å²) in [5, 5.41) is 18.1. The Hall–Kier alpha value is -8.58. The van der Waals surface area contributed by atoms with E-state index in [4.69, 9.17) is 0 Å². The van der Waals surface area contributed by atoms with Gasteiger partial charge in [0.15, 0.2) is 0 Å². The minimum Gasteiger partial charge on any atom is -0.0619 e. The van der Waals surface area contributed by atoms with Crippen molar-refractivity contribution in [1.29, 1.82) is 0 Å². The Kier molecular flexibility index (Phi) is 7.94. The summed E-state index contributed by atoms with van der Waals surface area (Å²) in [6.45, 7) is 4.76. The zero-order valence-corrected chi connectivity index (χ0v) is 38.4. The normalized spacial score (nSPS) is 13.2. The van der Waals surface area contributed by atoms with Crippen LogP contribution in [0.4, 0.5) is 0 Å². The molecule has 15 rings (SSSR count). The summed E-state index contributed by atoms with van der Waals surface area (Å²) < 4.78 is 0. The first-order valence-corrected chi connectivity index (χ1v) is 24.3. The first-order chi connectivity index (χ1) is 33.9. The third-order valence-corrected chi connectivity index (χ3v) is 15.9. The van der Waals surface area contributed by atoms with Gasteiger partial charge in [0.25, 0.3) is 0 Å². The second kappa shape index (κ2) is 14.2. The molecule has 0 heterocycles. The molecule has 0 fully saturated rings. The Labute approximate surface area is 401 Å². The lowest BCUT2D eigenvalue weighted by atomic mass is 9.81. The first-order valence-electron chi connectivity index (χ1n) is 24.3. The summed E-state index contributed by atoms with van der Waals surface area (Å²) in [5.41, 5.74) is 17.6. The predicted octanol–water partition coefficient (Wildman–Crippen LogP) is 19.3. The summed E-state index contributed by atoms with van der Waals surface area (Å²) in [6.07, 6.45) is 0. The molecule has 0 unspecified atom stereocenters. The van der Waals surface area contributed by atoms with Crippen LogP contribution in [0.5, 0.6) is 0 Å². The molecule has 0 nitrogen and oxygen atoms in total. The number of benzene rings is 14. The molecule has 0 radical (unpaired) electrons. The Morgan fingerprint density at radius 1 is 0.217 bits per heavy atom. The maximum atomic E-state index is 2.48. The minimum absolute atomic E-state index is 0.114. The van der Waals surface area contributed by atoms with E-state index in [9.17, 15) is 0 Å². The van der Waals surface area contributed by atoms with Crippen LogP contribution in [0.3, 0.4) is 0 Å². The molecule has 0 spiro atoms. The maximum Gasteiger partial charge on any atom is 0.0159 e. The van der Waals surface area contributed by atoms with Crippen LogP contribution in [-0.4, -0.2) is 0 Å². The van der Waals surface area contributed by atoms with E-state index in [1.165, 1.54) is 153 Å². The molecule has 320 valence electrons. The van der Waals surface area contributed by atoms with E-state index in [1.54, 1.807) is 0 Å². The minimum atomic E-state index is -0.114. The van der Waals surface area contributed by atoms with Gasteiger partial charge in [-0.3, -0.25) is 0 Å². The molecule has 0 atom stereocenters. The Balaban J connectivity index is 1.00. The van der Waals surface area contributed by atoms with E-state index in [1.807, 2.05) is 0 Å². The van der Waals surface area contributed by atoms with Gasteiger partial charge in [0.05, 0.1) is 0 Å². The maximum absolute atomic E-state index is 2.48. The molecule has 1 aliphatic carbocycles. The van der Waals surface area contributed by atoms with Crippen molar-refractivity contribution in [2.75, 3.05) is 0 Å². The van der Waals surface area contributed by atoms with Crippen LogP contribution in [0.2, 0.25) is 0 Å². The van der Waals surface area contributed by atoms with E-state index in [0.717, 1.165) is 0 Å². The zero-order valence-electron chi connectivity index (χ0n) is 38.4. The van der Waals surface area contributed by atoms with Crippen molar-refractivity contribution in [3.05, 3.63) is 242 Å². The Morgan fingerprint density at radius 3 is 1.36 bits per heavy atom. The van der Waals surface area contributed by atoms with Gasteiger partial charge in [0.2, 0.25) is 0 Å². The lowest BCUT2D eigenvalue weighted by Gasteiger charge is -2.22. The van der Waals surface area contributed by atoms with E-state index in [0.29, 0.717) is 0 Å². The van der Waals surface area contributed by atoms with Gasteiger partial charge in [-0.1, -0.05) is 214 Å². The van der Waals surface area contributed by atoms with Crippen LogP contribution in [0.25, 0.3) is 142 Å². The summed E-state index contributed by atoms with van der Waals surface area (Å²) in [4.78, 5) is 0. The Morgan fingerprint density at radius 2 is 0.667 bits per heavy atom. The highest BCUT2D eigenvalue weighted by molar-refractivity contribution is 6.27. The van der Waals surface area contributed by atoms with Crippen LogP contribution >= 0.6 is 0 Å². The molecule has 0 amide bonds. The molecule has 14 aromatic rings. The fourth-order valence-electron chi connectivity index (χ4n) is 12.6. The Bertz CT molecular complexity index is 4410. The fraction of sp³-hybridized carbons (Fsp3) is 0.0435. The van der Waals surface area contributed by atoms with Gasteiger partial charge in [0.1, 0.15) is 0 Å². The summed E-state index contributed by atoms with van der Waals surface area (Å²) in [6, 6.07) is 87.5. The van der Waals surface area contributed by atoms with Crippen molar-refractivity contribution in [2.24, 2.45) is 0 Å². The predicted molar refractivity (Wildman–Crippen MR) is 296 cm³/mol. The van der Waals surface area contributed by atoms with Gasteiger partial charge in [0, 0.05) is 5.41 Å². The second-order valence-electron chi connectivity index (χ2n) is 20.0. The average Bonchev–Trinajstić information content (AvgIpc) is 3.63. The summed E-state index contributed by atoms with van der Waals surface area (Å²) >= 11 is 0. The lowest BCUT2D eigenvalue weighted by Crippen LogP contribution is -2.14. The van der Waals surface area contributed by atoms with Crippen LogP contribution in [-0.2, 0) is 5.41 Å². The molecule has 1 aliphatic rings. The second-order valence-corrected chi connectivity index (χ2v) is 20.0. The molecule has 69 heavy (non-hydrogen) atoms. The largest absolute Gasteiger partial charge is 0.0619 e. The van der Waals surface area contributed by atoms with Crippen molar-refractivity contribution in [3.63, 3.8) is 0 Å². The topological polar surface area (TPSA) is 0 Å². The van der Waals surface area contributed by atoms with Gasteiger partial charge in [-0.2, -0.15) is 0 Å². The first kappa shape index (κ1) is 38.5. The van der Waals surface area contributed by atoms with Crippen LogP contribution in [0.15, 0.2) is 231 Å². The molecule has 0 heteroatoms. The van der Waals surface area contributed by atoms with Crippen molar-refractivity contribution in [3.8, 4) is 66.8 Å². The highest BCUT2D eigenvalue weighted by Crippen LogP contribution is 2.51. The fourth-order valence-corrected chi connectivity index (χ4v) is 12.6. The molecule has 0 N–H and O–H groups in total. The molecule has 14 aromatic carbocycles. The van der Waals surface area contributed by atoms with Gasteiger partial charge in [-0.15, -0.1) is 0 Å². The molecular formula is C69H44. The van der Waals surface area contributed by atoms with Crippen LogP contribution < -0.4 is 0 Å². The monoisotopic (exact) mass is 872 g/mol. The average molecular weight is 873 g/mol. The van der Waals surface area contributed by atoms with Gasteiger partial charge in [-0.25, -0.2) is 0 Å². The molecular weight excluding hydrogens is 829 g/mol. The SMILES string of the molecule is CC1(C)c2ccccc2-c2ccc(-c3cc(-c4ccc(-c5ccc6ccc7cccc8ccc5c6c78)cc4-c4cccc5ccccc45)cc(-c4ccc5ccc6cccc7ccc4c5c67)c3)cc21. The van der Waals surface area contributed by atoms with Crippen molar-refractivity contribution < 1.29 is 0 Å². The van der Waals surface area contributed by atoms with Crippen molar-refractivity contribution in [1.82, 2.24) is 0 Å². The van der Waals surface area contributed by atoms with E-state index >= 15 is 0 Å². The number of hydrogen-bond acceptors (Lipinski definition) is 0. The van der Waals surface area contributed by atoms with E-state index < -0.39 is 0 Å². The van der Waals surface area contributed by atoms with E-state index in [-0.39, 0.29) is 5.41 Å². The lowest BCUT2D eigenvalue weighted by molar-refractivity contribution is 0.660. The molecule has 0 saturated heterocycles. The third-order valence-electron chi connectivity index (χ3n) is 15.9. The van der Waals surface area contributed by atoms with Crippen LogP contribution in [0.1, 0.15) is 25.0 Å². The van der Waals surface area contributed by atoms with Gasteiger partial charge in [-0.05, 0) is 184 Å². The third kappa shape index (κ3) is 5.58. The summed E-state index contributed by atoms with van der Waals surface area (Å²) in [7, 11) is 0. The highest BCUT2D eigenvalue weighted by Gasteiger charge is 2.35. The number of fused-ring (bicyclic) bond motifs is 4. The highest BCUT2D eigenvalue weighted by atomic mass is 14.4. The molecule has 0 aliphatic heterocycles. The van der Waals surface area contributed by atoms with Crippen molar-refractivity contribution >= 4 is 75.4 Å². The van der Waals surface area contributed by atoms with E-state index in [2.05, 4.69) is 244 Å². The van der Waals surface area contributed by atoms with Gasteiger partial charge >= 0.3 is 0 Å². The number of rotatable bonds is 5. The van der Waals surface area contributed by atoms with Gasteiger partial charge < -0.3 is 0 Å². The smallest absolute Gasteiger partial charge is 0.0159 e. The van der Waals surface area contributed by atoms with Crippen LogP contribution in [0, 0.1) is 0 Å². The molecule has 0 saturated carbocycles.